The van der Waals surface area contributed by atoms with E-state index >= 15 is 0 Å². The van der Waals surface area contributed by atoms with Gasteiger partial charge in [-0.1, -0.05) is 13.3 Å². The molecule has 6 nitrogen and oxygen atoms in total. The van der Waals surface area contributed by atoms with Crippen molar-refractivity contribution in [2.45, 2.75) is 51.5 Å². The summed E-state index contributed by atoms with van der Waals surface area (Å²) >= 11 is 1.98. The molecule has 8 heteroatoms. The highest BCUT2D eigenvalue weighted by Crippen LogP contribution is 2.35. The van der Waals surface area contributed by atoms with Crippen LogP contribution in [0.25, 0.3) is 10.9 Å². The SMILES string of the molecule is CCCCSCCN1CCC(CCC(N)c2c(F)cnc3ccc(OC)cc23)C(CC(=O)O)C1. The second-order valence-corrected chi connectivity index (χ2v) is 10.5. The van der Waals surface area contributed by atoms with Crippen molar-refractivity contribution in [3.63, 3.8) is 0 Å². The highest BCUT2D eigenvalue weighted by molar-refractivity contribution is 7.99. The fourth-order valence-electron chi connectivity index (χ4n) is 4.95. The largest absolute Gasteiger partial charge is 0.497 e. The van der Waals surface area contributed by atoms with Gasteiger partial charge in [0.1, 0.15) is 11.6 Å². The predicted molar refractivity (Wildman–Crippen MR) is 137 cm³/mol. The molecule has 1 fully saturated rings. The third-order valence-electron chi connectivity index (χ3n) is 6.89. The molecule has 3 unspecified atom stereocenters. The van der Waals surface area contributed by atoms with Crippen molar-refractivity contribution in [2.24, 2.45) is 17.6 Å². The first-order valence-electron chi connectivity index (χ1n) is 12.3. The molecule has 1 saturated heterocycles. The number of aromatic nitrogens is 1. The second-order valence-electron chi connectivity index (χ2n) is 9.26. The summed E-state index contributed by atoms with van der Waals surface area (Å²) in [5.41, 5.74) is 7.65. The number of piperidine rings is 1. The zero-order valence-electron chi connectivity index (χ0n) is 20.3. The molecule has 2 aromatic rings. The van der Waals surface area contributed by atoms with E-state index in [9.17, 15) is 14.3 Å². The Balaban J connectivity index is 1.63. The molecule has 34 heavy (non-hydrogen) atoms. The lowest BCUT2D eigenvalue weighted by Gasteiger charge is -2.38. The van der Waals surface area contributed by atoms with E-state index in [1.54, 1.807) is 19.2 Å². The van der Waals surface area contributed by atoms with Gasteiger partial charge in [-0.15, -0.1) is 0 Å². The minimum absolute atomic E-state index is 0.0956. The zero-order valence-corrected chi connectivity index (χ0v) is 21.2. The smallest absolute Gasteiger partial charge is 0.303 e. The number of unbranched alkanes of at least 4 members (excludes halogenated alkanes) is 1. The van der Waals surface area contributed by atoms with Gasteiger partial charge >= 0.3 is 5.97 Å². The van der Waals surface area contributed by atoms with Gasteiger partial charge in [0, 0.05) is 42.3 Å². The van der Waals surface area contributed by atoms with Crippen LogP contribution in [-0.2, 0) is 4.79 Å². The van der Waals surface area contributed by atoms with Crippen molar-refractivity contribution in [2.75, 3.05) is 38.2 Å². The number of nitrogens with two attached hydrogens (primary N) is 1. The number of likely N-dealkylation sites (tertiary alicyclic amines) is 1. The van der Waals surface area contributed by atoms with Crippen molar-refractivity contribution in [1.82, 2.24) is 9.88 Å². The van der Waals surface area contributed by atoms with Crippen LogP contribution in [-0.4, -0.2) is 59.2 Å². The highest BCUT2D eigenvalue weighted by Gasteiger charge is 2.31. The molecule has 3 rings (SSSR count). The molecule has 188 valence electrons. The maximum atomic E-state index is 14.8. The minimum atomic E-state index is -0.753. The van der Waals surface area contributed by atoms with Crippen LogP contribution in [0, 0.1) is 17.7 Å². The van der Waals surface area contributed by atoms with Gasteiger partial charge in [-0.05, 0) is 68.0 Å². The van der Waals surface area contributed by atoms with Crippen LogP contribution in [0.15, 0.2) is 24.4 Å². The van der Waals surface area contributed by atoms with Crippen molar-refractivity contribution in [1.29, 1.82) is 0 Å². The fraction of sp³-hybridized carbons (Fsp3) is 0.615. The quantitative estimate of drug-likeness (QED) is 0.377. The summed E-state index contributed by atoms with van der Waals surface area (Å²) in [4.78, 5) is 18.1. The molecule has 0 bridgehead atoms. The fourth-order valence-corrected chi connectivity index (χ4v) is 6.03. The Morgan fingerprint density at radius 3 is 2.94 bits per heavy atom. The standard InChI is InChI=1S/C26H38FN3O3S/c1-3-4-12-34-13-11-30-10-9-18(19(17-30)14-25(31)32)5-7-23(28)26-21-15-20(33-2)6-8-24(21)29-16-22(26)27/h6,8,15-16,18-19,23H,3-5,7,9-14,17,28H2,1-2H3,(H,31,32). The molecule has 1 aromatic heterocycles. The van der Waals surface area contributed by atoms with Crippen LogP contribution in [0.4, 0.5) is 4.39 Å². The first kappa shape index (κ1) is 26.7. The monoisotopic (exact) mass is 491 g/mol. The number of carboxylic acids is 1. The number of carbonyl (C=O) groups is 1. The summed E-state index contributed by atoms with van der Waals surface area (Å²) in [6.07, 6.45) is 6.20. The molecule has 0 radical (unpaired) electrons. The van der Waals surface area contributed by atoms with E-state index in [1.165, 1.54) is 24.8 Å². The van der Waals surface area contributed by atoms with E-state index in [1.807, 2.05) is 17.8 Å². The number of benzene rings is 1. The van der Waals surface area contributed by atoms with Crippen LogP contribution in [0.2, 0.25) is 0 Å². The number of ether oxygens (including phenoxy) is 1. The van der Waals surface area contributed by atoms with E-state index in [4.69, 9.17) is 10.5 Å². The maximum absolute atomic E-state index is 14.8. The van der Waals surface area contributed by atoms with Gasteiger partial charge in [0.05, 0.1) is 18.8 Å². The first-order chi connectivity index (χ1) is 16.4. The lowest BCUT2D eigenvalue weighted by molar-refractivity contribution is -0.139. The number of hydrogen-bond acceptors (Lipinski definition) is 6. The lowest BCUT2D eigenvalue weighted by Crippen LogP contribution is -2.42. The minimum Gasteiger partial charge on any atom is -0.497 e. The van der Waals surface area contributed by atoms with Crippen LogP contribution < -0.4 is 10.5 Å². The van der Waals surface area contributed by atoms with Gasteiger partial charge in [-0.2, -0.15) is 11.8 Å². The Bertz CT molecular complexity index is 945. The van der Waals surface area contributed by atoms with Crippen molar-refractivity contribution < 1.29 is 19.0 Å². The van der Waals surface area contributed by atoms with E-state index in [2.05, 4.69) is 16.8 Å². The number of halogens is 1. The number of methoxy groups -OCH3 is 1. The van der Waals surface area contributed by atoms with Crippen LogP contribution >= 0.6 is 11.8 Å². The normalized spacial score (nSPS) is 19.9. The number of fused-ring (bicyclic) bond motifs is 1. The van der Waals surface area contributed by atoms with E-state index in [-0.39, 0.29) is 18.3 Å². The second kappa shape index (κ2) is 13.3. The predicted octanol–water partition coefficient (Wildman–Crippen LogP) is 5.11. The number of nitrogens with zero attached hydrogens (tertiary/aromatic N) is 2. The first-order valence-corrected chi connectivity index (χ1v) is 13.5. The number of carboxylic acid groups (broad SMARTS) is 1. The Labute approximate surface area is 206 Å². The number of pyridine rings is 1. The van der Waals surface area contributed by atoms with Crippen molar-refractivity contribution >= 4 is 28.6 Å². The van der Waals surface area contributed by atoms with Gasteiger partial charge in [-0.3, -0.25) is 9.78 Å². The molecule has 3 atom stereocenters. The van der Waals surface area contributed by atoms with E-state index in [0.29, 0.717) is 28.6 Å². The molecule has 0 saturated carbocycles. The summed E-state index contributed by atoms with van der Waals surface area (Å²) in [6, 6.07) is 4.90. The average molecular weight is 492 g/mol. The van der Waals surface area contributed by atoms with Gasteiger partial charge in [-0.25, -0.2) is 4.39 Å². The molecule has 1 aromatic carbocycles. The summed E-state index contributed by atoms with van der Waals surface area (Å²) < 4.78 is 20.1. The number of thioether (sulfide) groups is 1. The summed E-state index contributed by atoms with van der Waals surface area (Å²) in [5.74, 6) is 2.12. The van der Waals surface area contributed by atoms with Crippen LogP contribution in [0.1, 0.15) is 57.1 Å². The van der Waals surface area contributed by atoms with Crippen molar-refractivity contribution in [3.8, 4) is 5.75 Å². The lowest BCUT2D eigenvalue weighted by atomic mass is 9.79. The average Bonchev–Trinajstić information content (AvgIpc) is 2.82. The van der Waals surface area contributed by atoms with Gasteiger partial charge in [0.2, 0.25) is 0 Å². The Hall–Kier alpha value is -1.90. The summed E-state index contributed by atoms with van der Waals surface area (Å²) in [7, 11) is 1.58. The van der Waals surface area contributed by atoms with Crippen LogP contribution in [0.3, 0.4) is 0 Å². The third-order valence-corrected chi connectivity index (χ3v) is 7.94. The van der Waals surface area contributed by atoms with Gasteiger partial charge in [0.25, 0.3) is 0 Å². The molecular formula is C26H38FN3O3S. The topological polar surface area (TPSA) is 88.7 Å². The van der Waals surface area contributed by atoms with E-state index < -0.39 is 17.8 Å². The zero-order chi connectivity index (χ0) is 24.5. The molecular weight excluding hydrogens is 453 g/mol. The van der Waals surface area contributed by atoms with E-state index in [0.717, 1.165) is 38.2 Å². The molecule has 2 heterocycles. The summed E-state index contributed by atoms with van der Waals surface area (Å²) in [6.45, 7) is 5.00. The Morgan fingerprint density at radius 2 is 2.21 bits per heavy atom. The number of hydrogen-bond donors (Lipinski definition) is 2. The van der Waals surface area contributed by atoms with Crippen molar-refractivity contribution in [3.05, 3.63) is 35.8 Å². The number of aliphatic carboxylic acids is 1. The maximum Gasteiger partial charge on any atom is 0.303 e. The van der Waals surface area contributed by atoms with Crippen LogP contribution in [0.5, 0.6) is 5.75 Å². The third kappa shape index (κ3) is 7.30. The molecule has 1 aliphatic heterocycles. The Kier molecular flexibility index (Phi) is 10.4. The summed E-state index contributed by atoms with van der Waals surface area (Å²) in [5, 5.41) is 10.2. The number of rotatable bonds is 13. The van der Waals surface area contributed by atoms with Gasteiger partial charge in [0.15, 0.2) is 0 Å². The van der Waals surface area contributed by atoms with Gasteiger partial charge < -0.3 is 20.5 Å². The Morgan fingerprint density at radius 1 is 1.38 bits per heavy atom. The molecule has 1 aliphatic rings. The molecule has 0 aliphatic carbocycles. The molecule has 3 N–H and O–H groups in total. The molecule has 0 spiro atoms. The molecule has 0 amide bonds. The highest BCUT2D eigenvalue weighted by atomic mass is 32.2.